The van der Waals surface area contributed by atoms with Gasteiger partial charge in [-0.3, -0.25) is 0 Å². The van der Waals surface area contributed by atoms with Crippen LogP contribution in [-0.4, -0.2) is 25.8 Å². The summed E-state index contributed by atoms with van der Waals surface area (Å²) in [6, 6.07) is 0. The van der Waals surface area contributed by atoms with E-state index in [2.05, 4.69) is 4.74 Å². The van der Waals surface area contributed by atoms with E-state index in [1.807, 2.05) is 0 Å². The van der Waals surface area contributed by atoms with E-state index in [0.29, 0.717) is 0 Å². The topological polar surface area (TPSA) is 43.4 Å². The Balaban J connectivity index is -0.0000000886. The van der Waals surface area contributed by atoms with E-state index in [9.17, 15) is 9.59 Å². The molecule has 0 spiro atoms. The fraction of sp³-hybridized carbons (Fsp3) is 0.750. The van der Waals surface area contributed by atoms with Crippen LogP contribution in [-0.2, 0) is 14.3 Å². The maximum absolute atomic E-state index is 9.44. The molecule has 68 valence electrons. The molecule has 0 saturated carbocycles. The summed E-state index contributed by atoms with van der Waals surface area (Å²) in [7, 11) is 3.25. The van der Waals surface area contributed by atoms with Crippen molar-refractivity contribution in [2.24, 2.45) is 0 Å². The van der Waals surface area contributed by atoms with Crippen molar-refractivity contribution in [2.75, 3.05) is 14.2 Å². The molecule has 0 aliphatic rings. The minimum Gasteiger partial charge on any atom is -0.388 e. The van der Waals surface area contributed by atoms with Crippen LogP contribution in [0.1, 0.15) is 27.7 Å². The van der Waals surface area contributed by atoms with E-state index in [1.54, 1.807) is 14.2 Å². The first-order valence-electron chi connectivity index (χ1n) is 3.22. The first-order valence-corrected chi connectivity index (χ1v) is 3.22. The van der Waals surface area contributed by atoms with Crippen molar-refractivity contribution in [1.82, 2.24) is 0 Å². The summed E-state index contributed by atoms with van der Waals surface area (Å²) in [5.74, 6) is 0.333. The highest BCUT2D eigenvalue weighted by molar-refractivity contribution is 5.72. The van der Waals surface area contributed by atoms with Crippen molar-refractivity contribution in [2.45, 2.75) is 27.7 Å². The Morgan fingerprint density at radius 3 is 0.818 bits per heavy atom. The Labute approximate surface area is 68.7 Å². The van der Waals surface area contributed by atoms with Gasteiger partial charge in [-0.25, -0.2) is 0 Å². The molecule has 0 heterocycles. The number of carbonyl (C=O) groups excluding carboxylic acids is 2. The second kappa shape index (κ2) is 16.1. The molecule has 0 atom stereocenters. The van der Waals surface area contributed by atoms with Gasteiger partial charge in [0.2, 0.25) is 0 Å². The molecule has 0 aromatic carbocycles. The zero-order valence-corrected chi connectivity index (χ0v) is 8.22. The lowest BCUT2D eigenvalue weighted by Crippen LogP contribution is -1.69. The minimum atomic E-state index is 0.167. The SMILES string of the molecule is CC(C)=O.CC(C)=O.COC. The van der Waals surface area contributed by atoms with Gasteiger partial charge in [0.25, 0.3) is 0 Å². The molecule has 11 heavy (non-hydrogen) atoms. The third-order valence-corrected chi connectivity index (χ3v) is 0. The smallest absolute Gasteiger partial charge is 0.126 e. The van der Waals surface area contributed by atoms with E-state index in [0.717, 1.165) is 0 Å². The average Bonchev–Trinajstić information content (AvgIpc) is 1.60. The molecular weight excluding hydrogens is 144 g/mol. The number of methoxy groups -OCH3 is 1. The molecule has 0 amide bonds. The summed E-state index contributed by atoms with van der Waals surface area (Å²) in [5.41, 5.74) is 0. The third-order valence-electron chi connectivity index (χ3n) is 0. The lowest BCUT2D eigenvalue weighted by molar-refractivity contribution is -0.115. The van der Waals surface area contributed by atoms with Gasteiger partial charge in [-0.15, -0.1) is 0 Å². The quantitative estimate of drug-likeness (QED) is 0.541. The van der Waals surface area contributed by atoms with Gasteiger partial charge in [-0.1, -0.05) is 0 Å². The predicted molar refractivity (Wildman–Crippen MR) is 45.6 cm³/mol. The highest BCUT2D eigenvalue weighted by atomic mass is 16.4. The Bertz CT molecular complexity index is 77.5. The summed E-state index contributed by atoms with van der Waals surface area (Å²) in [6.45, 7) is 6.11. The summed E-state index contributed by atoms with van der Waals surface area (Å²) < 4.78 is 4.25. The van der Waals surface area contributed by atoms with Gasteiger partial charge < -0.3 is 14.3 Å². The Kier molecular flexibility index (Phi) is 24.5. The molecule has 0 aliphatic heterocycles. The van der Waals surface area contributed by atoms with Crippen LogP contribution < -0.4 is 0 Å². The van der Waals surface area contributed by atoms with Crippen molar-refractivity contribution in [3.63, 3.8) is 0 Å². The van der Waals surface area contributed by atoms with Gasteiger partial charge in [0.1, 0.15) is 11.6 Å². The minimum absolute atomic E-state index is 0.167. The van der Waals surface area contributed by atoms with Gasteiger partial charge in [0.15, 0.2) is 0 Å². The average molecular weight is 162 g/mol. The lowest BCUT2D eigenvalue weighted by atomic mass is 10.6. The molecule has 0 fully saturated rings. The molecule has 0 bridgehead atoms. The fourth-order valence-corrected chi connectivity index (χ4v) is 0. The molecule has 0 radical (unpaired) electrons. The standard InChI is InChI=1S/2C3H6O.C2H6O/c2*1-3(2)4;1-3-2/h2*1-2H3;1-2H3. The van der Waals surface area contributed by atoms with Crippen LogP contribution in [0.5, 0.6) is 0 Å². The van der Waals surface area contributed by atoms with Gasteiger partial charge in [-0.05, 0) is 27.7 Å². The van der Waals surface area contributed by atoms with E-state index in [-0.39, 0.29) is 11.6 Å². The number of hydrogen-bond donors (Lipinski definition) is 0. The van der Waals surface area contributed by atoms with E-state index in [1.165, 1.54) is 27.7 Å². The maximum Gasteiger partial charge on any atom is 0.126 e. The van der Waals surface area contributed by atoms with E-state index in [4.69, 9.17) is 0 Å². The second-order valence-electron chi connectivity index (χ2n) is 2.22. The van der Waals surface area contributed by atoms with Crippen molar-refractivity contribution in [3.05, 3.63) is 0 Å². The van der Waals surface area contributed by atoms with Crippen LogP contribution in [0.2, 0.25) is 0 Å². The summed E-state index contributed by atoms with van der Waals surface area (Å²) >= 11 is 0. The van der Waals surface area contributed by atoms with Crippen LogP contribution >= 0.6 is 0 Å². The van der Waals surface area contributed by atoms with Crippen LogP contribution in [0.25, 0.3) is 0 Å². The van der Waals surface area contributed by atoms with Crippen LogP contribution in [0.4, 0.5) is 0 Å². The van der Waals surface area contributed by atoms with Crippen molar-refractivity contribution >= 4 is 11.6 Å². The summed E-state index contributed by atoms with van der Waals surface area (Å²) in [6.07, 6.45) is 0. The molecule has 0 aromatic heterocycles. The third kappa shape index (κ3) is 1010. The summed E-state index contributed by atoms with van der Waals surface area (Å²) in [4.78, 5) is 18.9. The number of hydrogen-bond acceptors (Lipinski definition) is 3. The Hall–Kier alpha value is -0.700. The zero-order chi connectivity index (χ0) is 9.86. The normalized spacial score (nSPS) is 6.36. The van der Waals surface area contributed by atoms with Gasteiger partial charge in [0, 0.05) is 14.2 Å². The van der Waals surface area contributed by atoms with Crippen molar-refractivity contribution < 1.29 is 14.3 Å². The number of ketones is 2. The Morgan fingerprint density at radius 2 is 0.818 bits per heavy atom. The maximum atomic E-state index is 9.44. The van der Waals surface area contributed by atoms with Crippen LogP contribution in [0.15, 0.2) is 0 Å². The van der Waals surface area contributed by atoms with Crippen LogP contribution in [0, 0.1) is 0 Å². The molecule has 0 unspecified atom stereocenters. The number of carbonyl (C=O) groups is 2. The molecule has 3 nitrogen and oxygen atoms in total. The van der Waals surface area contributed by atoms with Gasteiger partial charge >= 0.3 is 0 Å². The Morgan fingerprint density at radius 1 is 0.818 bits per heavy atom. The van der Waals surface area contributed by atoms with Gasteiger partial charge in [-0.2, -0.15) is 0 Å². The van der Waals surface area contributed by atoms with Crippen molar-refractivity contribution in [3.8, 4) is 0 Å². The fourth-order valence-electron chi connectivity index (χ4n) is 0. The zero-order valence-electron chi connectivity index (χ0n) is 8.22. The highest BCUT2D eigenvalue weighted by Crippen LogP contribution is 1.50. The monoisotopic (exact) mass is 162 g/mol. The molecule has 0 aliphatic carbocycles. The molecular formula is C8H18O3. The van der Waals surface area contributed by atoms with Crippen LogP contribution in [0.3, 0.4) is 0 Å². The first-order chi connectivity index (χ1) is 4.88. The van der Waals surface area contributed by atoms with Gasteiger partial charge in [0.05, 0.1) is 0 Å². The molecule has 3 heteroatoms. The molecule has 0 rings (SSSR count). The van der Waals surface area contributed by atoms with E-state index < -0.39 is 0 Å². The molecule has 0 aromatic rings. The lowest BCUT2D eigenvalue weighted by Gasteiger charge is -1.61. The summed E-state index contributed by atoms with van der Waals surface area (Å²) in [5, 5.41) is 0. The number of Topliss-reactive ketones (excluding diaryl/α,β-unsaturated/α-hetero) is 2. The second-order valence-corrected chi connectivity index (χ2v) is 2.22. The molecule has 0 N–H and O–H groups in total. The predicted octanol–water partition coefficient (Wildman–Crippen LogP) is 1.45. The van der Waals surface area contributed by atoms with E-state index >= 15 is 0 Å². The first kappa shape index (κ1) is 16.7. The highest BCUT2D eigenvalue weighted by Gasteiger charge is 1.62. The number of rotatable bonds is 0. The number of ether oxygens (including phenoxy) is 1. The van der Waals surface area contributed by atoms with Crippen molar-refractivity contribution in [1.29, 1.82) is 0 Å². The largest absolute Gasteiger partial charge is 0.388 e. The molecule has 0 saturated heterocycles.